The van der Waals surface area contributed by atoms with Crippen LogP contribution in [0.5, 0.6) is 0 Å². The number of amides is 1. The number of phosphoric ester groups is 1. The number of aliphatic hydroxyl groups is 7. The number of hydrogen-bond donors (Lipinski definition) is 9. The van der Waals surface area contributed by atoms with Gasteiger partial charge in [0, 0.05) is 0 Å². The molecule has 1 fully saturated rings. The van der Waals surface area contributed by atoms with Crippen molar-refractivity contribution in [1.82, 2.24) is 5.32 Å². The summed E-state index contributed by atoms with van der Waals surface area (Å²) in [5.41, 5.74) is 0. The summed E-state index contributed by atoms with van der Waals surface area (Å²) in [6.45, 7) is 3.67. The van der Waals surface area contributed by atoms with Gasteiger partial charge >= 0.3 is 7.82 Å². The number of phosphoric acid groups is 1. The summed E-state index contributed by atoms with van der Waals surface area (Å²) in [6.07, 6.45) is 18.7. The number of nitrogens with one attached hydrogen (secondary N) is 1. The van der Waals surface area contributed by atoms with Crippen molar-refractivity contribution in [2.75, 3.05) is 6.61 Å². The Hall–Kier alpha value is -1.22. The number of hydrogen-bond acceptors (Lipinski definition) is 11. The fourth-order valence-electron chi connectivity index (χ4n) is 6.73. The van der Waals surface area contributed by atoms with Crippen molar-refractivity contribution in [1.29, 1.82) is 0 Å². The van der Waals surface area contributed by atoms with Gasteiger partial charge in [-0.15, -0.1) is 0 Å². The van der Waals surface area contributed by atoms with Crippen molar-refractivity contribution in [3.8, 4) is 0 Å². The van der Waals surface area contributed by atoms with Crippen LogP contribution in [0.2, 0.25) is 0 Å². The summed E-state index contributed by atoms with van der Waals surface area (Å²) in [5.74, 6) is -0.606. The van der Waals surface area contributed by atoms with Gasteiger partial charge in [0.05, 0.1) is 31.3 Å². The van der Waals surface area contributed by atoms with E-state index in [0.717, 1.165) is 44.9 Å². The van der Waals surface area contributed by atoms with E-state index in [1.165, 1.54) is 96.0 Å². The third-order valence-electron chi connectivity index (χ3n) is 10.3. The van der Waals surface area contributed by atoms with E-state index in [1.54, 1.807) is 6.08 Å². The minimum Gasteiger partial charge on any atom is -0.393 e. The van der Waals surface area contributed by atoms with E-state index in [2.05, 4.69) is 31.3 Å². The third kappa shape index (κ3) is 24.3. The van der Waals surface area contributed by atoms with Gasteiger partial charge in [0.1, 0.15) is 36.6 Å². The van der Waals surface area contributed by atoms with Crippen molar-refractivity contribution in [3.63, 3.8) is 0 Å². The van der Waals surface area contributed by atoms with Crippen LogP contribution in [0, 0.1) is 0 Å². The number of allylic oxidation sites excluding steroid dienone is 3. The van der Waals surface area contributed by atoms with Crippen LogP contribution in [0.3, 0.4) is 0 Å². The Kier molecular flexibility index (Phi) is 29.9. The van der Waals surface area contributed by atoms with Gasteiger partial charge in [-0.25, -0.2) is 4.57 Å². The van der Waals surface area contributed by atoms with E-state index in [9.17, 15) is 50.0 Å². The van der Waals surface area contributed by atoms with Gasteiger partial charge in [-0.2, -0.15) is 0 Å². The minimum absolute atomic E-state index is 0.251. The van der Waals surface area contributed by atoms with Crippen molar-refractivity contribution in [3.05, 3.63) is 24.3 Å². The number of carbonyl (C=O) groups excluding carboxylic acids is 1. The second kappa shape index (κ2) is 31.7. The summed E-state index contributed by atoms with van der Waals surface area (Å²) in [4.78, 5) is 23.3. The van der Waals surface area contributed by atoms with Gasteiger partial charge in [-0.3, -0.25) is 13.8 Å². The summed E-state index contributed by atoms with van der Waals surface area (Å²) in [6, 6.07) is -1.25. The molecule has 324 valence electrons. The Labute approximate surface area is 331 Å². The monoisotopic (exact) mass is 808 g/mol. The van der Waals surface area contributed by atoms with Crippen LogP contribution < -0.4 is 5.32 Å². The fourth-order valence-corrected chi connectivity index (χ4v) is 7.69. The predicted octanol–water partition coefficient (Wildman–Crippen LogP) is 6.03. The Morgan fingerprint density at radius 3 is 1.60 bits per heavy atom. The number of rotatable bonds is 34. The van der Waals surface area contributed by atoms with E-state index < -0.39 is 75.2 Å². The molecule has 1 rings (SSSR count). The highest BCUT2D eigenvalue weighted by Gasteiger charge is 2.51. The topological polar surface area (TPSA) is 226 Å². The zero-order chi connectivity index (χ0) is 40.9. The Bertz CT molecular complexity index is 1050. The molecule has 9 N–H and O–H groups in total. The zero-order valence-corrected chi connectivity index (χ0v) is 34.7. The zero-order valence-electron chi connectivity index (χ0n) is 33.8. The first-order chi connectivity index (χ1) is 26.3. The quantitative estimate of drug-likeness (QED) is 0.0207. The van der Waals surface area contributed by atoms with Gasteiger partial charge in [-0.05, 0) is 32.1 Å². The summed E-state index contributed by atoms with van der Waals surface area (Å²) in [7, 11) is -5.14. The summed E-state index contributed by atoms with van der Waals surface area (Å²) >= 11 is 0. The fraction of sp³-hybridized carbons (Fsp3) is 0.878. The smallest absolute Gasteiger partial charge is 0.393 e. The maximum Gasteiger partial charge on any atom is 0.472 e. The van der Waals surface area contributed by atoms with E-state index in [-0.39, 0.29) is 6.42 Å². The average Bonchev–Trinajstić information content (AvgIpc) is 3.15. The molecule has 55 heavy (non-hydrogen) atoms. The molecular formula is C41H78NO12P. The molecule has 0 saturated heterocycles. The molecule has 0 aromatic heterocycles. The molecule has 8 unspecified atom stereocenters. The lowest BCUT2D eigenvalue weighted by Gasteiger charge is -2.41. The highest BCUT2D eigenvalue weighted by atomic mass is 31.2. The lowest BCUT2D eigenvalue weighted by molar-refractivity contribution is -0.220. The van der Waals surface area contributed by atoms with Crippen molar-refractivity contribution < 1.29 is 59.0 Å². The first kappa shape index (κ1) is 51.8. The van der Waals surface area contributed by atoms with Crippen LogP contribution in [0.1, 0.15) is 168 Å². The summed E-state index contributed by atoms with van der Waals surface area (Å²) < 4.78 is 22.7. The van der Waals surface area contributed by atoms with Crippen LogP contribution >= 0.6 is 7.82 Å². The molecule has 0 heterocycles. The molecule has 1 aliphatic carbocycles. The maximum absolute atomic E-state index is 12.9. The molecule has 14 heteroatoms. The second-order valence-corrected chi connectivity index (χ2v) is 16.8. The predicted molar refractivity (Wildman–Crippen MR) is 215 cm³/mol. The van der Waals surface area contributed by atoms with Gasteiger partial charge in [0.15, 0.2) is 0 Å². The van der Waals surface area contributed by atoms with Crippen LogP contribution in [0.4, 0.5) is 0 Å². The minimum atomic E-state index is -5.14. The van der Waals surface area contributed by atoms with Crippen molar-refractivity contribution in [2.24, 2.45) is 0 Å². The molecule has 0 aliphatic heterocycles. The molecular weight excluding hydrogens is 729 g/mol. The van der Waals surface area contributed by atoms with Gasteiger partial charge in [0.25, 0.3) is 0 Å². The normalized spacial score (nSPS) is 24.6. The van der Waals surface area contributed by atoms with Gasteiger partial charge in [-0.1, -0.05) is 154 Å². The Balaban J connectivity index is 2.62. The van der Waals surface area contributed by atoms with E-state index in [4.69, 9.17) is 9.05 Å². The molecule has 0 aromatic rings. The standard InChI is InChI=1S/C41H78NO12P/c1-3-5-7-9-11-13-14-15-16-17-18-19-20-21-23-25-27-29-34(44)33(42-35(45)30-32(43)28-26-24-22-12-10-8-6-4-2)31-53-55(51,52)54-41-39(49)37(47)36(46)38(48)40(41)50/h20-21,27,29,32-34,36-41,43-44,46-50H,3-19,22-26,28,30-31H2,1-2H3,(H,42,45)(H,51,52)/b21-20+,29-27+. The highest BCUT2D eigenvalue weighted by molar-refractivity contribution is 7.47. The lowest BCUT2D eigenvalue weighted by Crippen LogP contribution is -2.64. The second-order valence-electron chi connectivity index (χ2n) is 15.4. The molecule has 0 aromatic carbocycles. The van der Waals surface area contributed by atoms with Crippen LogP contribution in [-0.4, -0.2) is 108 Å². The first-order valence-corrected chi connectivity index (χ1v) is 22.9. The van der Waals surface area contributed by atoms with E-state index >= 15 is 0 Å². The molecule has 0 spiro atoms. The molecule has 0 bridgehead atoms. The largest absolute Gasteiger partial charge is 0.472 e. The number of aliphatic hydroxyl groups excluding tert-OH is 7. The van der Waals surface area contributed by atoms with Crippen LogP contribution in [0.15, 0.2) is 24.3 Å². The molecule has 13 nitrogen and oxygen atoms in total. The number of unbranched alkanes of at least 4 members (excludes halogenated alkanes) is 19. The van der Waals surface area contributed by atoms with Crippen LogP contribution in [0.25, 0.3) is 0 Å². The molecule has 1 amide bonds. The Morgan fingerprint density at radius 1 is 0.636 bits per heavy atom. The maximum atomic E-state index is 12.9. The molecule has 8 atom stereocenters. The molecule has 1 saturated carbocycles. The first-order valence-electron chi connectivity index (χ1n) is 21.4. The van der Waals surface area contributed by atoms with Gasteiger partial charge < -0.3 is 46.0 Å². The SMILES string of the molecule is CCCCCCCCCCCCC/C=C/CC/C=C/C(O)C(COP(=O)(O)OC1C(O)C(O)C(O)C(O)C1O)NC(=O)CC(O)CCCCCCCCCC. The van der Waals surface area contributed by atoms with Crippen molar-refractivity contribution in [2.45, 2.75) is 223 Å². The lowest BCUT2D eigenvalue weighted by atomic mass is 9.85. The van der Waals surface area contributed by atoms with Gasteiger partial charge in [0.2, 0.25) is 5.91 Å². The summed E-state index contributed by atoms with van der Waals surface area (Å²) in [5, 5.41) is 74.1. The van der Waals surface area contributed by atoms with E-state index in [0.29, 0.717) is 12.8 Å². The average molecular weight is 808 g/mol. The third-order valence-corrected chi connectivity index (χ3v) is 11.3. The van der Waals surface area contributed by atoms with Crippen LogP contribution in [-0.2, 0) is 18.4 Å². The Morgan fingerprint density at radius 2 is 1.07 bits per heavy atom. The molecule has 0 radical (unpaired) electrons. The van der Waals surface area contributed by atoms with Crippen molar-refractivity contribution >= 4 is 13.7 Å². The van der Waals surface area contributed by atoms with E-state index in [1.807, 2.05) is 0 Å². The molecule has 1 aliphatic rings. The highest BCUT2D eigenvalue weighted by Crippen LogP contribution is 2.47. The number of carbonyl (C=O) groups is 1.